The fourth-order valence-electron chi connectivity index (χ4n) is 20.8. The molecule has 2 aliphatic carbocycles. The molecule has 672 valence electrons. The Morgan fingerprint density at radius 2 is 0.921 bits per heavy atom. The van der Waals surface area contributed by atoms with Crippen molar-refractivity contribution in [1.82, 2.24) is 50.2 Å². The van der Waals surface area contributed by atoms with Gasteiger partial charge in [-0.1, -0.05) is 12.8 Å². The van der Waals surface area contributed by atoms with E-state index in [1.54, 1.807) is 36.4 Å². The Morgan fingerprint density at radius 1 is 0.465 bits per heavy atom. The zero-order chi connectivity index (χ0) is 88.6. The van der Waals surface area contributed by atoms with Crippen molar-refractivity contribution in [2.24, 2.45) is 17.8 Å². The number of carbonyl (C=O) groups is 10. The first-order valence-corrected chi connectivity index (χ1v) is 44.2. The van der Waals surface area contributed by atoms with Crippen LogP contribution in [0.2, 0.25) is 0 Å². The van der Waals surface area contributed by atoms with Gasteiger partial charge in [-0.05, 0) is 157 Å². The van der Waals surface area contributed by atoms with Gasteiger partial charge in [0.15, 0.2) is 11.6 Å². The van der Waals surface area contributed by atoms with Gasteiger partial charge in [-0.2, -0.15) is 27.5 Å². The van der Waals surface area contributed by atoms with Gasteiger partial charge < -0.3 is 59.3 Å². The van der Waals surface area contributed by atoms with Crippen LogP contribution in [0, 0.1) is 29.4 Å². The number of halogens is 6. The van der Waals surface area contributed by atoms with Crippen molar-refractivity contribution in [2.45, 2.75) is 152 Å². The molecule has 8 fully saturated rings. The number of carbonyl (C=O) groups excluding carboxylic acids is 10. The van der Waals surface area contributed by atoms with Gasteiger partial charge in [-0.25, -0.2) is 18.7 Å². The Kier molecular flexibility index (Phi) is 23.7. The minimum atomic E-state index is -3.94. The van der Waals surface area contributed by atoms with Crippen LogP contribution in [0.4, 0.5) is 95.4 Å². The zero-order valence-corrected chi connectivity index (χ0v) is 71.0. The molecule has 2 saturated carbocycles. The lowest BCUT2D eigenvalue weighted by molar-refractivity contribution is -0.141. The van der Waals surface area contributed by atoms with Crippen LogP contribution in [0.15, 0.2) is 73.1 Å². The number of hydrogen-bond acceptors (Lipinski definition) is 26. The minimum absolute atomic E-state index is 0.0147. The summed E-state index contributed by atoms with van der Waals surface area (Å²) < 4.78 is 111. The summed E-state index contributed by atoms with van der Waals surface area (Å²) in [6.45, 7) is 7.67. The fraction of sp³-hybridized carbons (Fsp3) is 0.528. The van der Waals surface area contributed by atoms with E-state index >= 15 is 26.3 Å². The largest absolute Gasteiger partial charge is 0.494 e. The quantitative estimate of drug-likeness (QED) is 0.0343. The van der Waals surface area contributed by atoms with Crippen molar-refractivity contribution < 1.29 is 83.8 Å². The third-order valence-electron chi connectivity index (χ3n) is 28.0. The number of hydrogen-bond donors (Lipinski definition) is 4. The number of alkyl halides is 4. The predicted octanol–water partition coefficient (Wildman–Crippen LogP) is 9.12. The van der Waals surface area contributed by atoms with Gasteiger partial charge in [0.25, 0.3) is 35.4 Å². The van der Waals surface area contributed by atoms with Gasteiger partial charge in [0, 0.05) is 153 Å². The summed E-state index contributed by atoms with van der Waals surface area (Å²) in [6, 6.07) is 12.8. The predicted molar refractivity (Wildman–Crippen MR) is 458 cm³/mol. The third kappa shape index (κ3) is 16.9. The van der Waals surface area contributed by atoms with Crippen LogP contribution < -0.4 is 69.9 Å². The molecular weight excluding hydrogens is 1660 g/mol. The number of imide groups is 4. The van der Waals surface area contributed by atoms with Crippen LogP contribution in [0.1, 0.15) is 157 Å². The maximum atomic E-state index is 16.9. The maximum Gasteiger partial charge on any atom is 0.342 e. The van der Waals surface area contributed by atoms with Crippen LogP contribution in [-0.2, 0) is 28.8 Å². The average Bonchev–Trinajstić information content (AvgIpc) is 1.63. The SMILES string of the molecule is COc1cc(N2CCC(CCN3CCN(c4ccc5c(c4)C(=O)N(C4CCC(=O)NC4=O)C5=O)CC3)CC2)c(F)cc1Nc1ncc2c(n1)N(C1CCC(CN3C(=O)C(F)(F)CN(C4CCCC4)c4nc(Nc5cc(F)c(N6CCC(CCCN7CCN(c8ccc9c(c8)C(=O)N(C8CCC(=O)NC8=O)C9=O)CC7)CC6)cc5OC)ncc43)C1)CC(F)(F)C(=O)N2C. The molecule has 4 atom stereocenters. The highest BCUT2D eigenvalue weighted by molar-refractivity contribution is 6.25. The fourth-order valence-corrected chi connectivity index (χ4v) is 20.8. The Balaban J connectivity index is 0.486. The molecule has 0 radical (unpaired) electrons. The number of nitrogens with one attached hydrogen (secondary N) is 4. The van der Waals surface area contributed by atoms with E-state index in [1.165, 1.54) is 55.6 Å². The van der Waals surface area contributed by atoms with Crippen LogP contribution >= 0.6 is 0 Å². The second kappa shape index (κ2) is 35.0. The number of amides is 10. The van der Waals surface area contributed by atoms with Crippen molar-refractivity contribution >= 4 is 128 Å². The molecule has 12 aliphatic rings. The van der Waals surface area contributed by atoms with Crippen LogP contribution in [0.25, 0.3) is 0 Å². The molecule has 10 aliphatic heterocycles. The maximum absolute atomic E-state index is 16.9. The van der Waals surface area contributed by atoms with Gasteiger partial charge in [0.1, 0.15) is 46.6 Å². The zero-order valence-electron chi connectivity index (χ0n) is 71.0. The van der Waals surface area contributed by atoms with E-state index in [4.69, 9.17) is 19.4 Å². The minimum Gasteiger partial charge on any atom is -0.494 e. The highest BCUT2D eigenvalue weighted by Gasteiger charge is 2.54. The normalized spacial score (nSPS) is 23.5. The number of anilines is 12. The lowest BCUT2D eigenvalue weighted by atomic mass is 9.91. The van der Waals surface area contributed by atoms with Crippen LogP contribution in [0.3, 0.4) is 0 Å². The molecule has 4 aromatic carbocycles. The first kappa shape index (κ1) is 85.8. The average molecular weight is 1760 g/mol. The highest BCUT2D eigenvalue weighted by Crippen LogP contribution is 2.48. The molecule has 0 bridgehead atoms. The van der Waals surface area contributed by atoms with Crippen molar-refractivity contribution in [1.29, 1.82) is 0 Å². The van der Waals surface area contributed by atoms with Gasteiger partial charge in [-0.15, -0.1) is 0 Å². The van der Waals surface area contributed by atoms with Gasteiger partial charge in [-0.3, -0.25) is 78.2 Å². The van der Waals surface area contributed by atoms with Crippen molar-refractivity contribution in [2.75, 3.05) is 182 Å². The van der Waals surface area contributed by atoms with E-state index < -0.39 is 126 Å². The Labute approximate surface area is 728 Å². The first-order chi connectivity index (χ1) is 61.1. The smallest absolute Gasteiger partial charge is 0.342 e. The number of piperidine rings is 4. The van der Waals surface area contributed by atoms with Crippen LogP contribution in [-0.4, -0.2) is 267 Å². The lowest BCUT2D eigenvalue weighted by Crippen LogP contribution is -2.54. The number of rotatable bonds is 23. The molecule has 127 heavy (non-hydrogen) atoms. The molecule has 6 aromatic rings. The topological polar surface area (TPSA) is 328 Å². The standard InChI is InChI=1S/C89H102F6N20O12/c1-104-70-46-96-86(98-64-42-63(91)69(45-72(64)126-2)110-29-23-52(24-30-110)20-26-106-33-37-108(38-34-106)56-13-15-59-61(41-56)83(123)115(81(59)121)67-17-19-75(117)101-79(67)119)102-76(70)113(49-88(92,93)84(104)124)57-11-10-53(39-57)48-111-71-47-97-87(103-77(71)112(54-8-4-5-9-54)50-89(94,95)85(111)125)99-65-43-62(90)68(44-73(65)127-3)109-27-21-51(22-28-109)7-6-25-105-31-35-107(36-32-105)55-12-14-58-60(40-55)82(122)114(80(58)120)66-16-18-74(116)100-78(66)118/h12-15,40-47,51-54,57,66-67H,4-11,16-39,48-50H2,1-3H3,(H,96,98,102)(H,97,99,103)(H,100,116,118)(H,101,117,119). The van der Waals surface area contributed by atoms with E-state index in [0.717, 1.165) is 128 Å². The van der Waals surface area contributed by atoms with Crippen molar-refractivity contribution in [3.63, 3.8) is 0 Å². The number of nitrogens with zero attached hydrogens (tertiary/aromatic N) is 16. The molecule has 6 saturated heterocycles. The first-order valence-electron chi connectivity index (χ1n) is 44.2. The number of piperazine rings is 2. The van der Waals surface area contributed by atoms with Gasteiger partial charge in [0.05, 0.1) is 84.7 Å². The number of fused-ring (bicyclic) bond motifs is 4. The molecule has 32 nitrogen and oxygen atoms in total. The van der Waals surface area contributed by atoms with Gasteiger partial charge in [0.2, 0.25) is 35.5 Å². The van der Waals surface area contributed by atoms with E-state index in [-0.39, 0.29) is 132 Å². The molecule has 18 rings (SSSR count). The van der Waals surface area contributed by atoms with E-state index in [1.807, 2.05) is 21.9 Å². The van der Waals surface area contributed by atoms with Gasteiger partial charge >= 0.3 is 11.8 Å². The second-order valence-electron chi connectivity index (χ2n) is 35.6. The molecule has 38 heteroatoms. The molecule has 4 N–H and O–H groups in total. The third-order valence-corrected chi connectivity index (χ3v) is 28.0. The molecule has 0 spiro atoms. The summed E-state index contributed by atoms with van der Waals surface area (Å²) in [7, 11) is 4.08. The summed E-state index contributed by atoms with van der Waals surface area (Å²) in [4.78, 5) is 169. The summed E-state index contributed by atoms with van der Waals surface area (Å²) in [6.07, 6.45) is 12.2. The molecule has 2 aromatic heterocycles. The number of methoxy groups -OCH3 is 2. The Morgan fingerprint density at radius 3 is 1.42 bits per heavy atom. The lowest BCUT2D eigenvalue weighted by Gasteiger charge is -2.38. The number of ether oxygens (including phenoxy) is 2. The van der Waals surface area contributed by atoms with Crippen LogP contribution in [0.5, 0.6) is 11.5 Å². The summed E-state index contributed by atoms with van der Waals surface area (Å²) in [5.74, 6) is -15.8. The Hall–Kier alpha value is -12.0. The van der Waals surface area contributed by atoms with E-state index in [9.17, 15) is 47.9 Å². The second-order valence-corrected chi connectivity index (χ2v) is 35.6. The van der Waals surface area contributed by atoms with E-state index in [0.29, 0.717) is 88.4 Å². The Bertz CT molecular complexity index is 5380. The molecule has 12 heterocycles. The summed E-state index contributed by atoms with van der Waals surface area (Å²) in [5, 5.41) is 10.6. The van der Waals surface area contributed by atoms with E-state index in [2.05, 4.69) is 50.8 Å². The molecule has 4 unspecified atom stereocenters. The monoisotopic (exact) mass is 1760 g/mol. The van der Waals surface area contributed by atoms with Crippen molar-refractivity contribution in [3.05, 3.63) is 107 Å². The number of benzene rings is 4. The summed E-state index contributed by atoms with van der Waals surface area (Å²) in [5.41, 5.74) is 3.51. The number of aromatic nitrogens is 4. The van der Waals surface area contributed by atoms with Crippen molar-refractivity contribution in [3.8, 4) is 11.5 Å². The molecule has 10 amide bonds. The highest BCUT2D eigenvalue weighted by atomic mass is 19.3. The summed E-state index contributed by atoms with van der Waals surface area (Å²) >= 11 is 0. The molecular formula is C89H102F6N20O12.